The van der Waals surface area contributed by atoms with Crippen LogP contribution in [0, 0.1) is 6.92 Å². The van der Waals surface area contributed by atoms with Crippen LogP contribution in [0.5, 0.6) is 5.75 Å². The number of aryl methyl sites for hydroxylation is 1. The lowest BCUT2D eigenvalue weighted by Crippen LogP contribution is -2.48. The standard InChI is InChI=1S/C16H24ClNO2/c1-10(2)18(11(3)4)16(19)13(6)20-15-8-7-14(17)9-12(15)5/h7-11,13H,1-6H3. The average Bonchev–Trinajstić information content (AvgIpc) is 2.31. The number of benzene rings is 1. The van der Waals surface area contributed by atoms with Gasteiger partial charge < -0.3 is 9.64 Å². The number of carbonyl (C=O) groups excluding carboxylic acids is 1. The molecule has 0 saturated heterocycles. The molecule has 112 valence electrons. The van der Waals surface area contributed by atoms with Crippen LogP contribution >= 0.6 is 11.6 Å². The lowest BCUT2D eigenvalue weighted by Gasteiger charge is -2.33. The second-order valence-electron chi connectivity index (χ2n) is 5.60. The Morgan fingerprint density at radius 2 is 1.70 bits per heavy atom. The number of nitrogens with zero attached hydrogens (tertiary/aromatic N) is 1. The maximum Gasteiger partial charge on any atom is 0.263 e. The van der Waals surface area contributed by atoms with Crippen molar-refractivity contribution in [3.05, 3.63) is 28.8 Å². The monoisotopic (exact) mass is 297 g/mol. The predicted octanol–water partition coefficient (Wildman–Crippen LogP) is 4.06. The first-order valence-corrected chi connectivity index (χ1v) is 7.36. The van der Waals surface area contributed by atoms with Gasteiger partial charge in [-0.05, 0) is 65.3 Å². The van der Waals surface area contributed by atoms with Gasteiger partial charge in [-0.2, -0.15) is 0 Å². The molecular formula is C16H24ClNO2. The Balaban J connectivity index is 2.84. The number of halogens is 1. The quantitative estimate of drug-likeness (QED) is 0.820. The Morgan fingerprint density at radius 1 is 1.15 bits per heavy atom. The number of hydrogen-bond donors (Lipinski definition) is 0. The van der Waals surface area contributed by atoms with E-state index in [1.165, 1.54) is 0 Å². The minimum Gasteiger partial charge on any atom is -0.481 e. The van der Waals surface area contributed by atoms with Gasteiger partial charge in [-0.1, -0.05) is 11.6 Å². The summed E-state index contributed by atoms with van der Waals surface area (Å²) in [5.74, 6) is 0.701. The number of hydrogen-bond acceptors (Lipinski definition) is 2. The van der Waals surface area contributed by atoms with Gasteiger partial charge in [-0.15, -0.1) is 0 Å². The van der Waals surface area contributed by atoms with E-state index in [9.17, 15) is 4.79 Å². The van der Waals surface area contributed by atoms with E-state index < -0.39 is 6.10 Å². The number of rotatable bonds is 5. The molecule has 1 unspecified atom stereocenters. The van der Waals surface area contributed by atoms with Gasteiger partial charge in [0.1, 0.15) is 5.75 Å². The summed E-state index contributed by atoms with van der Waals surface area (Å²) in [5.41, 5.74) is 0.929. The fourth-order valence-electron chi connectivity index (χ4n) is 2.30. The Bertz CT molecular complexity index is 464. The van der Waals surface area contributed by atoms with Crippen molar-refractivity contribution >= 4 is 17.5 Å². The van der Waals surface area contributed by atoms with E-state index in [0.717, 1.165) is 5.56 Å². The molecule has 0 aliphatic rings. The van der Waals surface area contributed by atoms with Crippen molar-refractivity contribution in [2.45, 2.75) is 59.7 Å². The van der Waals surface area contributed by atoms with E-state index in [4.69, 9.17) is 16.3 Å². The highest BCUT2D eigenvalue weighted by Crippen LogP contribution is 2.23. The summed E-state index contributed by atoms with van der Waals surface area (Å²) in [4.78, 5) is 14.3. The Hall–Kier alpha value is -1.22. The lowest BCUT2D eigenvalue weighted by molar-refractivity contribution is -0.141. The van der Waals surface area contributed by atoms with Crippen LogP contribution in [0.25, 0.3) is 0 Å². The fraction of sp³-hybridized carbons (Fsp3) is 0.562. The number of amides is 1. The van der Waals surface area contributed by atoms with Crippen LogP contribution in [0.2, 0.25) is 5.02 Å². The summed E-state index contributed by atoms with van der Waals surface area (Å²) in [5, 5.41) is 0.666. The average molecular weight is 298 g/mol. The van der Waals surface area contributed by atoms with Crippen LogP contribution in [-0.4, -0.2) is 29.0 Å². The molecule has 0 N–H and O–H groups in total. The van der Waals surface area contributed by atoms with Crippen molar-refractivity contribution in [1.82, 2.24) is 4.90 Å². The van der Waals surface area contributed by atoms with Gasteiger partial charge in [-0.3, -0.25) is 4.79 Å². The van der Waals surface area contributed by atoms with Crippen molar-refractivity contribution in [2.75, 3.05) is 0 Å². The Kier molecular flexibility index (Phi) is 5.88. The van der Waals surface area contributed by atoms with E-state index in [-0.39, 0.29) is 18.0 Å². The lowest BCUT2D eigenvalue weighted by atomic mass is 10.2. The fourth-order valence-corrected chi connectivity index (χ4v) is 2.53. The SMILES string of the molecule is Cc1cc(Cl)ccc1OC(C)C(=O)N(C(C)C)C(C)C. The van der Waals surface area contributed by atoms with Gasteiger partial charge in [0, 0.05) is 17.1 Å². The number of ether oxygens (including phenoxy) is 1. The third-order valence-electron chi connectivity index (χ3n) is 3.16. The van der Waals surface area contributed by atoms with Gasteiger partial charge in [0.25, 0.3) is 5.91 Å². The maximum absolute atomic E-state index is 12.5. The van der Waals surface area contributed by atoms with E-state index in [1.54, 1.807) is 19.1 Å². The molecule has 0 heterocycles. The topological polar surface area (TPSA) is 29.5 Å². The summed E-state index contributed by atoms with van der Waals surface area (Å²) < 4.78 is 5.79. The minimum atomic E-state index is -0.514. The zero-order valence-corrected chi connectivity index (χ0v) is 13.9. The molecule has 20 heavy (non-hydrogen) atoms. The summed E-state index contributed by atoms with van der Waals surface area (Å²) >= 11 is 5.92. The molecule has 1 aromatic rings. The summed E-state index contributed by atoms with van der Waals surface area (Å²) in [6.45, 7) is 11.8. The van der Waals surface area contributed by atoms with Gasteiger partial charge in [-0.25, -0.2) is 0 Å². The summed E-state index contributed by atoms with van der Waals surface area (Å²) in [6.07, 6.45) is -0.514. The molecular weight excluding hydrogens is 274 g/mol. The molecule has 0 bridgehead atoms. The first-order valence-electron chi connectivity index (χ1n) is 6.99. The highest BCUT2D eigenvalue weighted by Gasteiger charge is 2.26. The second kappa shape index (κ2) is 6.98. The van der Waals surface area contributed by atoms with E-state index in [2.05, 4.69) is 0 Å². The molecule has 1 atom stereocenters. The Morgan fingerprint density at radius 3 is 2.15 bits per heavy atom. The summed E-state index contributed by atoms with van der Waals surface area (Å²) in [6, 6.07) is 5.71. The highest BCUT2D eigenvalue weighted by molar-refractivity contribution is 6.30. The van der Waals surface area contributed by atoms with Crippen LogP contribution in [0.3, 0.4) is 0 Å². The molecule has 1 aromatic carbocycles. The van der Waals surface area contributed by atoms with Crippen molar-refractivity contribution in [3.8, 4) is 5.75 Å². The third kappa shape index (κ3) is 4.14. The van der Waals surface area contributed by atoms with Gasteiger partial charge in [0.15, 0.2) is 6.10 Å². The van der Waals surface area contributed by atoms with Gasteiger partial charge >= 0.3 is 0 Å². The van der Waals surface area contributed by atoms with Crippen molar-refractivity contribution < 1.29 is 9.53 Å². The first-order chi connectivity index (χ1) is 9.23. The highest BCUT2D eigenvalue weighted by atomic mass is 35.5. The zero-order chi connectivity index (χ0) is 15.4. The predicted molar refractivity (Wildman–Crippen MR) is 83.4 cm³/mol. The van der Waals surface area contributed by atoms with E-state index >= 15 is 0 Å². The molecule has 0 saturated carbocycles. The Labute approximate surface area is 126 Å². The molecule has 4 heteroatoms. The van der Waals surface area contributed by atoms with Crippen molar-refractivity contribution in [3.63, 3.8) is 0 Å². The molecule has 0 radical (unpaired) electrons. The summed E-state index contributed by atoms with van der Waals surface area (Å²) in [7, 11) is 0. The van der Waals surface area contributed by atoms with Crippen molar-refractivity contribution in [1.29, 1.82) is 0 Å². The van der Waals surface area contributed by atoms with Crippen molar-refractivity contribution in [2.24, 2.45) is 0 Å². The van der Waals surface area contributed by atoms with E-state index in [0.29, 0.717) is 10.8 Å². The van der Waals surface area contributed by atoms with Crippen LogP contribution in [0.1, 0.15) is 40.2 Å². The van der Waals surface area contributed by atoms with Gasteiger partial charge in [0.2, 0.25) is 0 Å². The molecule has 0 aromatic heterocycles. The second-order valence-corrected chi connectivity index (χ2v) is 6.04. The van der Waals surface area contributed by atoms with Crippen LogP contribution in [0.15, 0.2) is 18.2 Å². The van der Waals surface area contributed by atoms with E-state index in [1.807, 2.05) is 45.6 Å². The molecule has 0 aliphatic carbocycles. The van der Waals surface area contributed by atoms with Crippen LogP contribution in [-0.2, 0) is 4.79 Å². The molecule has 3 nitrogen and oxygen atoms in total. The minimum absolute atomic E-state index is 0.00403. The van der Waals surface area contributed by atoms with Gasteiger partial charge in [0.05, 0.1) is 0 Å². The number of carbonyl (C=O) groups is 1. The molecule has 0 aliphatic heterocycles. The molecule has 1 amide bonds. The van der Waals surface area contributed by atoms with Crippen LogP contribution < -0.4 is 4.74 Å². The zero-order valence-electron chi connectivity index (χ0n) is 13.1. The first kappa shape index (κ1) is 16.8. The normalized spacial score (nSPS) is 12.7. The smallest absolute Gasteiger partial charge is 0.263 e. The maximum atomic E-state index is 12.5. The largest absolute Gasteiger partial charge is 0.481 e. The molecule has 0 spiro atoms. The molecule has 1 rings (SSSR count). The van der Waals surface area contributed by atoms with Crippen LogP contribution in [0.4, 0.5) is 0 Å². The third-order valence-corrected chi connectivity index (χ3v) is 3.39. The molecule has 0 fully saturated rings.